The van der Waals surface area contributed by atoms with E-state index in [9.17, 15) is 13.2 Å². The maximum absolute atomic E-state index is 12.9. The molecule has 0 amide bonds. The van der Waals surface area contributed by atoms with Crippen molar-refractivity contribution in [3.8, 4) is 5.95 Å². The Morgan fingerprint density at radius 3 is 2.59 bits per heavy atom. The zero-order valence-corrected chi connectivity index (χ0v) is 14.9. The van der Waals surface area contributed by atoms with Crippen molar-refractivity contribution in [1.82, 2.24) is 19.7 Å². The van der Waals surface area contributed by atoms with Crippen molar-refractivity contribution in [2.75, 3.05) is 0 Å². The van der Waals surface area contributed by atoms with Gasteiger partial charge in [-0.2, -0.15) is 5.10 Å². The van der Waals surface area contributed by atoms with E-state index in [1.807, 2.05) is 0 Å². The highest BCUT2D eigenvalue weighted by Crippen LogP contribution is 2.27. The van der Waals surface area contributed by atoms with E-state index in [-0.39, 0.29) is 15.4 Å². The first-order valence-electron chi connectivity index (χ1n) is 7.95. The van der Waals surface area contributed by atoms with Crippen molar-refractivity contribution < 1.29 is 18.3 Å². The fourth-order valence-electron chi connectivity index (χ4n) is 2.81. The topological polar surface area (TPSA) is 118 Å². The van der Waals surface area contributed by atoms with Gasteiger partial charge in [0.25, 0.3) is 0 Å². The molecule has 4 rings (SSSR count). The minimum atomic E-state index is -3.68. The van der Waals surface area contributed by atoms with Crippen molar-refractivity contribution in [1.29, 1.82) is 0 Å². The van der Waals surface area contributed by atoms with Gasteiger partial charge in [-0.15, -0.1) is 0 Å². The van der Waals surface area contributed by atoms with Gasteiger partial charge in [-0.1, -0.05) is 18.2 Å². The highest BCUT2D eigenvalue weighted by atomic mass is 32.2. The fraction of sp³-hybridized carbons (Fsp3) is 0.0556. The van der Waals surface area contributed by atoms with Crippen LogP contribution in [0.2, 0.25) is 0 Å². The predicted octanol–water partition coefficient (Wildman–Crippen LogP) is 2.59. The number of nitrogens with zero attached hydrogens (tertiary/aromatic N) is 3. The number of imidazole rings is 1. The van der Waals surface area contributed by atoms with Gasteiger partial charge in [0, 0.05) is 6.20 Å². The SMILES string of the molecule is Cc1cc2[nH]c(-n3cc(C(=O)O)cn3)nc2cc1S(=O)(=O)c1ccccc1. The molecule has 8 nitrogen and oxygen atoms in total. The number of fused-ring (bicyclic) bond motifs is 1. The lowest BCUT2D eigenvalue weighted by Crippen LogP contribution is -2.04. The molecule has 0 aliphatic rings. The lowest BCUT2D eigenvalue weighted by atomic mass is 10.2. The first-order valence-corrected chi connectivity index (χ1v) is 9.43. The van der Waals surface area contributed by atoms with E-state index in [4.69, 9.17) is 5.11 Å². The summed E-state index contributed by atoms with van der Waals surface area (Å²) >= 11 is 0. The molecule has 4 aromatic rings. The molecular weight excluding hydrogens is 368 g/mol. The Hall–Kier alpha value is -3.46. The first kappa shape index (κ1) is 17.0. The molecule has 0 aliphatic carbocycles. The second-order valence-electron chi connectivity index (χ2n) is 5.99. The third-order valence-corrected chi connectivity index (χ3v) is 6.07. The van der Waals surface area contributed by atoms with Gasteiger partial charge in [-0.3, -0.25) is 0 Å². The zero-order chi connectivity index (χ0) is 19.2. The van der Waals surface area contributed by atoms with Crippen LogP contribution in [0.5, 0.6) is 0 Å². The summed E-state index contributed by atoms with van der Waals surface area (Å²) in [6, 6.07) is 11.4. The third-order valence-electron chi connectivity index (χ3n) is 4.16. The molecule has 2 aromatic heterocycles. The number of carbonyl (C=O) groups is 1. The van der Waals surface area contributed by atoms with Crippen LogP contribution in [0.25, 0.3) is 17.0 Å². The lowest BCUT2D eigenvalue weighted by molar-refractivity contribution is 0.0697. The van der Waals surface area contributed by atoms with Gasteiger partial charge in [0.1, 0.15) is 0 Å². The maximum atomic E-state index is 12.9. The Labute approximate surface area is 154 Å². The summed E-state index contributed by atoms with van der Waals surface area (Å²) in [5.41, 5.74) is 1.67. The fourth-order valence-corrected chi connectivity index (χ4v) is 4.33. The van der Waals surface area contributed by atoms with Crippen molar-refractivity contribution in [3.63, 3.8) is 0 Å². The molecule has 9 heteroatoms. The van der Waals surface area contributed by atoms with Crippen molar-refractivity contribution in [3.05, 3.63) is 66.0 Å². The van der Waals surface area contributed by atoms with Gasteiger partial charge in [0.05, 0.1) is 32.6 Å². The summed E-state index contributed by atoms with van der Waals surface area (Å²) < 4.78 is 27.2. The standard InChI is InChI=1S/C18H14N4O4S/c1-11-7-14-15(8-16(11)27(25,26)13-5-3-2-4-6-13)21-18(20-14)22-10-12(9-19-22)17(23)24/h2-10H,1H3,(H,20,21)(H,23,24). The minimum absolute atomic E-state index is 0.0268. The molecule has 0 fully saturated rings. The third kappa shape index (κ3) is 2.87. The Balaban J connectivity index is 1.83. The largest absolute Gasteiger partial charge is 0.478 e. The summed E-state index contributed by atoms with van der Waals surface area (Å²) in [4.78, 5) is 18.8. The maximum Gasteiger partial charge on any atom is 0.338 e. The molecule has 0 radical (unpaired) electrons. The van der Waals surface area contributed by atoms with Crippen LogP contribution in [0.1, 0.15) is 15.9 Å². The minimum Gasteiger partial charge on any atom is -0.478 e. The number of benzene rings is 2. The van der Waals surface area contributed by atoms with Crippen LogP contribution in [0, 0.1) is 6.92 Å². The molecule has 2 N–H and O–H groups in total. The van der Waals surface area contributed by atoms with Crippen LogP contribution in [0.4, 0.5) is 0 Å². The van der Waals surface area contributed by atoms with E-state index in [2.05, 4.69) is 15.1 Å². The van der Waals surface area contributed by atoms with E-state index >= 15 is 0 Å². The quantitative estimate of drug-likeness (QED) is 0.560. The number of nitrogens with one attached hydrogen (secondary N) is 1. The highest BCUT2D eigenvalue weighted by Gasteiger charge is 2.21. The molecule has 0 bridgehead atoms. The molecule has 0 aliphatic heterocycles. The average Bonchev–Trinajstić information content (AvgIpc) is 3.28. The summed E-state index contributed by atoms with van der Waals surface area (Å²) in [5, 5.41) is 13.0. The lowest BCUT2D eigenvalue weighted by Gasteiger charge is -2.07. The molecule has 0 unspecified atom stereocenters. The van der Waals surface area contributed by atoms with E-state index in [1.54, 1.807) is 43.3 Å². The predicted molar refractivity (Wildman–Crippen MR) is 96.8 cm³/mol. The van der Waals surface area contributed by atoms with Crippen LogP contribution in [-0.4, -0.2) is 39.2 Å². The number of carboxylic acid groups (broad SMARTS) is 1. The van der Waals surface area contributed by atoms with Crippen LogP contribution in [-0.2, 0) is 9.84 Å². The normalized spacial score (nSPS) is 11.7. The molecule has 2 aromatic carbocycles. The van der Waals surface area contributed by atoms with Crippen molar-refractivity contribution >= 4 is 26.8 Å². The van der Waals surface area contributed by atoms with Gasteiger partial charge in [-0.25, -0.2) is 22.9 Å². The van der Waals surface area contributed by atoms with Gasteiger partial charge in [-0.05, 0) is 36.8 Å². The molecule has 2 heterocycles. The number of aromatic carboxylic acids is 1. The molecule has 0 spiro atoms. The number of hydrogen-bond donors (Lipinski definition) is 2. The first-order chi connectivity index (χ1) is 12.9. The Morgan fingerprint density at radius 1 is 1.19 bits per heavy atom. The van der Waals surface area contributed by atoms with Crippen molar-refractivity contribution in [2.24, 2.45) is 0 Å². The number of aromatic amines is 1. The monoisotopic (exact) mass is 382 g/mol. The Kier molecular flexibility index (Phi) is 3.81. The van der Waals surface area contributed by atoms with E-state index < -0.39 is 15.8 Å². The van der Waals surface area contributed by atoms with Gasteiger partial charge >= 0.3 is 5.97 Å². The zero-order valence-electron chi connectivity index (χ0n) is 14.1. The number of carboxylic acids is 1. The molecule has 27 heavy (non-hydrogen) atoms. The van der Waals surface area contributed by atoms with Gasteiger partial charge < -0.3 is 10.1 Å². The average molecular weight is 382 g/mol. The summed E-state index contributed by atoms with van der Waals surface area (Å²) in [6.45, 7) is 1.71. The molecular formula is C18H14N4O4S. The molecule has 0 saturated heterocycles. The highest BCUT2D eigenvalue weighted by molar-refractivity contribution is 7.91. The smallest absolute Gasteiger partial charge is 0.338 e. The number of aryl methyl sites for hydroxylation is 1. The number of sulfone groups is 1. The van der Waals surface area contributed by atoms with Crippen LogP contribution < -0.4 is 0 Å². The number of H-pyrrole nitrogens is 1. The Morgan fingerprint density at radius 2 is 1.93 bits per heavy atom. The van der Waals surface area contributed by atoms with E-state index in [0.717, 1.165) is 0 Å². The van der Waals surface area contributed by atoms with Crippen LogP contribution in [0.3, 0.4) is 0 Å². The van der Waals surface area contributed by atoms with Crippen LogP contribution in [0.15, 0.2) is 64.6 Å². The molecule has 0 saturated carbocycles. The number of rotatable bonds is 4. The number of hydrogen-bond acceptors (Lipinski definition) is 5. The molecule has 0 atom stereocenters. The summed E-state index contributed by atoms with van der Waals surface area (Å²) in [6.07, 6.45) is 2.54. The van der Waals surface area contributed by atoms with Crippen molar-refractivity contribution in [2.45, 2.75) is 16.7 Å². The summed E-state index contributed by atoms with van der Waals surface area (Å²) in [7, 11) is -3.68. The van der Waals surface area contributed by atoms with E-state index in [0.29, 0.717) is 22.5 Å². The molecule has 136 valence electrons. The van der Waals surface area contributed by atoms with Crippen LogP contribution >= 0.6 is 0 Å². The number of aromatic nitrogens is 4. The van der Waals surface area contributed by atoms with E-state index in [1.165, 1.54) is 23.1 Å². The second kappa shape index (κ2) is 6.06. The second-order valence-corrected chi connectivity index (χ2v) is 7.91. The van der Waals surface area contributed by atoms with Gasteiger partial charge in [0.15, 0.2) is 0 Å². The Bertz CT molecular complexity index is 1270. The summed E-state index contributed by atoms with van der Waals surface area (Å²) in [5.74, 6) is -0.796. The van der Waals surface area contributed by atoms with Gasteiger partial charge in [0.2, 0.25) is 15.8 Å².